The quantitative estimate of drug-likeness (QED) is 0.486. The van der Waals surface area contributed by atoms with Crippen molar-refractivity contribution < 1.29 is 9.30 Å². The highest BCUT2D eigenvalue weighted by atomic mass is 35.5. The fraction of sp³-hybridized carbons (Fsp3) is 0.455. The fourth-order valence-electron chi connectivity index (χ4n) is 1.43. The summed E-state index contributed by atoms with van der Waals surface area (Å²) in [7, 11) is -2.75. The second-order valence-corrected chi connectivity index (χ2v) is 6.63. The van der Waals surface area contributed by atoms with Crippen molar-refractivity contribution in [2.75, 3.05) is 12.2 Å². The highest BCUT2D eigenvalue weighted by Crippen LogP contribution is 2.41. The second kappa shape index (κ2) is 6.41. The molecule has 0 heterocycles. The van der Waals surface area contributed by atoms with Crippen LogP contribution in [0.4, 0.5) is 0 Å². The summed E-state index contributed by atoms with van der Waals surface area (Å²) in [6.45, 7) is 4.29. The van der Waals surface area contributed by atoms with Gasteiger partial charge in [0.25, 0.3) is 0 Å². The minimum Gasteiger partial charge on any atom is -0.364 e. The maximum Gasteiger partial charge on any atom is 0.192 e. The van der Waals surface area contributed by atoms with Gasteiger partial charge >= 0.3 is 0 Å². The van der Waals surface area contributed by atoms with E-state index in [1.807, 2.05) is 44.2 Å². The number of rotatable bonds is 6. The van der Waals surface area contributed by atoms with Gasteiger partial charge in [0, 0.05) is 11.9 Å². The van der Waals surface area contributed by atoms with E-state index in [0.29, 0.717) is 6.61 Å². The minimum absolute atomic E-state index is 0.0639. The zero-order valence-corrected chi connectivity index (χ0v) is 11.2. The first-order chi connectivity index (χ1) is 7.62. The number of nitrogens with one attached hydrogen (secondary N) is 1. The summed E-state index contributed by atoms with van der Waals surface area (Å²) in [4.78, 5) is 0. The fourth-order valence-corrected chi connectivity index (χ4v) is 3.72. The van der Waals surface area contributed by atoms with E-state index >= 15 is 0 Å². The van der Waals surface area contributed by atoms with Crippen LogP contribution in [0, 0.1) is 0 Å². The first-order valence-electron chi connectivity index (χ1n) is 5.22. The SMILES string of the molecule is CCOC(C)NP(=O)(CCl)c1ccccc1. The molecule has 16 heavy (non-hydrogen) atoms. The molecule has 0 bridgehead atoms. The van der Waals surface area contributed by atoms with Crippen molar-refractivity contribution in [3.05, 3.63) is 30.3 Å². The van der Waals surface area contributed by atoms with E-state index in [-0.39, 0.29) is 11.8 Å². The van der Waals surface area contributed by atoms with Crippen molar-refractivity contribution in [2.45, 2.75) is 20.1 Å². The Kier molecular flexibility index (Phi) is 5.50. The molecule has 3 nitrogen and oxygen atoms in total. The average molecular weight is 262 g/mol. The molecule has 5 heteroatoms. The molecule has 0 aliphatic rings. The van der Waals surface area contributed by atoms with Crippen LogP contribution in [0.25, 0.3) is 0 Å². The monoisotopic (exact) mass is 261 g/mol. The van der Waals surface area contributed by atoms with Gasteiger partial charge < -0.3 is 9.30 Å². The molecule has 0 fully saturated rings. The summed E-state index contributed by atoms with van der Waals surface area (Å²) in [5, 5.41) is 3.69. The van der Waals surface area contributed by atoms with E-state index in [4.69, 9.17) is 16.3 Å². The molecule has 1 aromatic carbocycles. The lowest BCUT2D eigenvalue weighted by Gasteiger charge is -2.22. The predicted molar refractivity (Wildman–Crippen MR) is 68.6 cm³/mol. The zero-order valence-electron chi connectivity index (χ0n) is 9.52. The smallest absolute Gasteiger partial charge is 0.192 e. The van der Waals surface area contributed by atoms with Crippen LogP contribution in [0.5, 0.6) is 0 Å². The standard InChI is InChI=1S/C11H17ClNO2P/c1-3-15-10(2)13-16(14,9-12)11-7-5-4-6-8-11/h4-8,10H,3,9H2,1-2H3,(H,13,14). The zero-order chi connectivity index (χ0) is 12.0. The Labute approximate surface area is 102 Å². The van der Waals surface area contributed by atoms with Crippen molar-refractivity contribution in [1.82, 2.24) is 5.09 Å². The maximum absolute atomic E-state index is 12.5. The summed E-state index contributed by atoms with van der Waals surface area (Å²) < 4.78 is 17.9. The summed E-state index contributed by atoms with van der Waals surface area (Å²) >= 11 is 5.81. The van der Waals surface area contributed by atoms with Crippen LogP contribution < -0.4 is 10.4 Å². The van der Waals surface area contributed by atoms with Crippen molar-refractivity contribution in [3.63, 3.8) is 0 Å². The highest BCUT2D eigenvalue weighted by Gasteiger charge is 2.25. The van der Waals surface area contributed by atoms with Crippen LogP contribution in [0.2, 0.25) is 0 Å². The lowest BCUT2D eigenvalue weighted by atomic mass is 10.4. The lowest BCUT2D eigenvalue weighted by molar-refractivity contribution is 0.0688. The van der Waals surface area contributed by atoms with Crippen molar-refractivity contribution >= 4 is 24.2 Å². The van der Waals surface area contributed by atoms with Crippen molar-refractivity contribution in [3.8, 4) is 0 Å². The topological polar surface area (TPSA) is 38.3 Å². The van der Waals surface area contributed by atoms with Gasteiger partial charge in [0.05, 0.1) is 5.62 Å². The largest absolute Gasteiger partial charge is 0.364 e. The van der Waals surface area contributed by atoms with Gasteiger partial charge in [-0.1, -0.05) is 30.3 Å². The van der Waals surface area contributed by atoms with Crippen molar-refractivity contribution in [2.24, 2.45) is 0 Å². The first kappa shape index (κ1) is 13.7. The third-order valence-corrected chi connectivity index (χ3v) is 5.41. The predicted octanol–water partition coefficient (Wildman–Crippen LogP) is 2.76. The minimum atomic E-state index is -2.75. The summed E-state index contributed by atoms with van der Waals surface area (Å²) in [6, 6.07) is 9.21. The molecule has 2 unspecified atom stereocenters. The molecule has 1 N–H and O–H groups in total. The van der Waals surface area contributed by atoms with E-state index < -0.39 is 7.29 Å². The molecule has 1 aromatic rings. The summed E-state index contributed by atoms with van der Waals surface area (Å²) in [5.74, 6) is 0. The van der Waals surface area contributed by atoms with Crippen LogP contribution in [0.1, 0.15) is 13.8 Å². The van der Waals surface area contributed by atoms with Gasteiger partial charge in [-0.25, -0.2) is 5.09 Å². The van der Waals surface area contributed by atoms with E-state index in [1.54, 1.807) is 0 Å². The number of hydrogen-bond donors (Lipinski definition) is 1. The number of halogens is 1. The van der Waals surface area contributed by atoms with Gasteiger partial charge in [-0.2, -0.15) is 0 Å². The van der Waals surface area contributed by atoms with E-state index in [2.05, 4.69) is 5.09 Å². The molecule has 90 valence electrons. The molecule has 1 rings (SSSR count). The van der Waals surface area contributed by atoms with Crippen LogP contribution >= 0.6 is 18.9 Å². The Morgan fingerprint density at radius 3 is 2.56 bits per heavy atom. The summed E-state index contributed by atoms with van der Waals surface area (Å²) in [6.07, 6.45) is -0.269. The Morgan fingerprint density at radius 1 is 1.44 bits per heavy atom. The average Bonchev–Trinajstić information content (AvgIpc) is 2.30. The number of alkyl halides is 1. The molecule has 0 aromatic heterocycles. The Morgan fingerprint density at radius 2 is 2.06 bits per heavy atom. The Balaban J connectivity index is 2.82. The van der Waals surface area contributed by atoms with E-state index in [9.17, 15) is 4.57 Å². The molecule has 0 spiro atoms. The highest BCUT2D eigenvalue weighted by molar-refractivity contribution is 7.71. The normalized spacial score (nSPS) is 16.7. The molecule has 0 radical (unpaired) electrons. The van der Waals surface area contributed by atoms with Gasteiger partial charge in [0.1, 0.15) is 6.23 Å². The lowest BCUT2D eigenvalue weighted by Crippen LogP contribution is -2.30. The number of hydrogen-bond acceptors (Lipinski definition) is 2. The molecule has 0 saturated heterocycles. The summed E-state index contributed by atoms with van der Waals surface area (Å²) in [5.41, 5.74) is 0.0639. The van der Waals surface area contributed by atoms with Crippen LogP contribution in [-0.2, 0) is 9.30 Å². The van der Waals surface area contributed by atoms with Gasteiger partial charge in [0.2, 0.25) is 0 Å². The first-order valence-corrected chi connectivity index (χ1v) is 7.65. The Hall–Kier alpha value is -0.340. The molecule has 2 atom stereocenters. The van der Waals surface area contributed by atoms with E-state index in [0.717, 1.165) is 5.30 Å². The van der Waals surface area contributed by atoms with Gasteiger partial charge in [-0.15, -0.1) is 11.6 Å². The molecule has 0 aliphatic heterocycles. The van der Waals surface area contributed by atoms with Crippen molar-refractivity contribution in [1.29, 1.82) is 0 Å². The van der Waals surface area contributed by atoms with Gasteiger partial charge in [-0.3, -0.25) is 0 Å². The second-order valence-electron chi connectivity index (χ2n) is 3.42. The molecule has 0 saturated carbocycles. The van der Waals surface area contributed by atoms with Crippen LogP contribution in [-0.4, -0.2) is 18.5 Å². The Bertz CT molecular complexity index is 358. The molecule has 0 aliphatic carbocycles. The van der Waals surface area contributed by atoms with Crippen LogP contribution in [0.3, 0.4) is 0 Å². The number of benzene rings is 1. The third kappa shape index (κ3) is 3.60. The molecular formula is C11H17ClNO2P. The van der Waals surface area contributed by atoms with Gasteiger partial charge in [-0.05, 0) is 13.8 Å². The number of ether oxygens (including phenoxy) is 1. The maximum atomic E-state index is 12.5. The molecule has 0 amide bonds. The van der Waals surface area contributed by atoms with Crippen LogP contribution in [0.15, 0.2) is 30.3 Å². The van der Waals surface area contributed by atoms with Gasteiger partial charge in [0.15, 0.2) is 7.29 Å². The molecular weight excluding hydrogens is 245 g/mol. The third-order valence-electron chi connectivity index (χ3n) is 2.15. The van der Waals surface area contributed by atoms with E-state index in [1.165, 1.54) is 0 Å².